The van der Waals surface area contributed by atoms with E-state index in [0.717, 1.165) is 17.1 Å². The highest BCUT2D eigenvalue weighted by atomic mass is 32.2. The van der Waals surface area contributed by atoms with E-state index in [1.165, 1.54) is 11.8 Å². The number of carbonyl (C=O) groups is 1. The number of ether oxygens (including phenoxy) is 1. The van der Waals surface area contributed by atoms with E-state index in [1.54, 1.807) is 31.4 Å². The third kappa shape index (κ3) is 3.91. The van der Waals surface area contributed by atoms with Crippen LogP contribution in [0.1, 0.15) is 5.76 Å². The summed E-state index contributed by atoms with van der Waals surface area (Å²) in [6.07, 6.45) is 1.60. The van der Waals surface area contributed by atoms with Gasteiger partial charge in [-0.3, -0.25) is 4.79 Å². The second-order valence-corrected chi connectivity index (χ2v) is 6.63. The number of aromatic nitrogens is 3. The number of benzene rings is 1. The molecule has 2 aromatic heterocycles. The molecule has 3 aromatic rings. The maximum Gasteiger partial charge on any atom is 0.233 e. The number of methoxy groups -OCH3 is 1. The van der Waals surface area contributed by atoms with Gasteiger partial charge in [0.25, 0.3) is 0 Å². The van der Waals surface area contributed by atoms with E-state index in [9.17, 15) is 4.79 Å². The lowest BCUT2D eigenvalue weighted by Gasteiger charge is -2.15. The summed E-state index contributed by atoms with van der Waals surface area (Å²) in [5, 5.41) is 9.13. The standard InChI is InChI=1S/C18H20N4O3S/c1-21(11-13-7-6-10-25-13)16(23)12-26-18-20-19-17(22(18)2)14-8-4-5-9-15(14)24-3/h4-10H,11-12H2,1-3H3. The molecule has 0 aliphatic heterocycles. The SMILES string of the molecule is COc1ccccc1-c1nnc(SCC(=O)N(C)Cc2ccco2)n1C. The molecule has 0 aliphatic rings. The number of amides is 1. The minimum Gasteiger partial charge on any atom is -0.496 e. The maximum absolute atomic E-state index is 12.3. The Morgan fingerprint density at radius 1 is 1.27 bits per heavy atom. The number of hydrogen-bond donors (Lipinski definition) is 0. The Hall–Kier alpha value is -2.74. The number of para-hydroxylation sites is 1. The van der Waals surface area contributed by atoms with Crippen LogP contribution in [0.4, 0.5) is 0 Å². The monoisotopic (exact) mass is 372 g/mol. The van der Waals surface area contributed by atoms with Crippen molar-refractivity contribution >= 4 is 17.7 Å². The zero-order chi connectivity index (χ0) is 18.5. The summed E-state index contributed by atoms with van der Waals surface area (Å²) in [6.45, 7) is 0.442. The second-order valence-electron chi connectivity index (χ2n) is 5.68. The average Bonchev–Trinajstić information content (AvgIpc) is 3.29. The molecule has 0 spiro atoms. The molecule has 2 heterocycles. The Labute approximate surface area is 156 Å². The minimum atomic E-state index is -0.00626. The fraction of sp³-hybridized carbons (Fsp3) is 0.278. The van der Waals surface area contributed by atoms with E-state index in [0.29, 0.717) is 17.5 Å². The summed E-state index contributed by atoms with van der Waals surface area (Å²) in [5.41, 5.74) is 0.859. The van der Waals surface area contributed by atoms with Crippen molar-refractivity contribution in [2.45, 2.75) is 11.7 Å². The van der Waals surface area contributed by atoms with E-state index in [1.807, 2.05) is 41.9 Å². The predicted octanol–water partition coefficient (Wildman–Crippen LogP) is 2.83. The van der Waals surface area contributed by atoms with Crippen molar-refractivity contribution in [2.75, 3.05) is 19.9 Å². The van der Waals surface area contributed by atoms with Crippen molar-refractivity contribution in [1.29, 1.82) is 0 Å². The van der Waals surface area contributed by atoms with Gasteiger partial charge in [0.05, 0.1) is 31.2 Å². The van der Waals surface area contributed by atoms with Crippen molar-refractivity contribution in [3.05, 3.63) is 48.4 Å². The van der Waals surface area contributed by atoms with Gasteiger partial charge in [0.2, 0.25) is 5.91 Å². The molecule has 1 aromatic carbocycles. The number of carbonyl (C=O) groups excluding carboxylic acids is 1. The molecule has 0 N–H and O–H groups in total. The summed E-state index contributed by atoms with van der Waals surface area (Å²) in [7, 11) is 5.25. The van der Waals surface area contributed by atoms with Gasteiger partial charge in [-0.05, 0) is 24.3 Å². The Morgan fingerprint density at radius 2 is 2.08 bits per heavy atom. The van der Waals surface area contributed by atoms with E-state index in [4.69, 9.17) is 9.15 Å². The molecule has 0 saturated heterocycles. The number of nitrogens with zero attached hydrogens (tertiary/aromatic N) is 4. The van der Waals surface area contributed by atoms with E-state index >= 15 is 0 Å². The Kier molecular flexibility index (Phi) is 5.62. The third-order valence-corrected chi connectivity index (χ3v) is 4.91. The molecular weight excluding hydrogens is 352 g/mol. The zero-order valence-electron chi connectivity index (χ0n) is 14.9. The van der Waals surface area contributed by atoms with Crippen LogP contribution in [0.2, 0.25) is 0 Å². The van der Waals surface area contributed by atoms with E-state index in [-0.39, 0.29) is 11.7 Å². The van der Waals surface area contributed by atoms with E-state index in [2.05, 4.69) is 10.2 Å². The molecule has 0 bridgehead atoms. The number of rotatable bonds is 7. The third-order valence-electron chi connectivity index (χ3n) is 3.91. The first kappa shape index (κ1) is 18.1. The molecule has 136 valence electrons. The van der Waals surface area contributed by atoms with Crippen molar-refractivity contribution in [2.24, 2.45) is 7.05 Å². The minimum absolute atomic E-state index is 0.00626. The molecule has 0 aliphatic carbocycles. The van der Waals surface area contributed by atoms with Crippen LogP contribution >= 0.6 is 11.8 Å². The molecule has 0 radical (unpaired) electrons. The van der Waals surface area contributed by atoms with Crippen molar-refractivity contribution < 1.29 is 13.9 Å². The summed E-state index contributed by atoms with van der Waals surface area (Å²) in [6, 6.07) is 11.3. The van der Waals surface area contributed by atoms with Crippen LogP contribution in [0.3, 0.4) is 0 Å². The van der Waals surface area contributed by atoms with Gasteiger partial charge in [-0.25, -0.2) is 0 Å². The summed E-state index contributed by atoms with van der Waals surface area (Å²) >= 11 is 1.35. The quantitative estimate of drug-likeness (QED) is 0.594. The number of furan rings is 1. The van der Waals surface area contributed by atoms with Gasteiger partial charge in [-0.1, -0.05) is 23.9 Å². The normalized spacial score (nSPS) is 10.7. The molecule has 0 atom stereocenters. The lowest BCUT2D eigenvalue weighted by molar-refractivity contribution is -0.127. The highest BCUT2D eigenvalue weighted by Crippen LogP contribution is 2.30. The molecule has 1 amide bonds. The van der Waals surface area contributed by atoms with Crippen molar-refractivity contribution in [3.8, 4) is 17.1 Å². The van der Waals surface area contributed by atoms with E-state index < -0.39 is 0 Å². The first-order valence-corrected chi connectivity index (χ1v) is 9.00. The first-order chi connectivity index (χ1) is 12.6. The molecule has 0 saturated carbocycles. The fourth-order valence-corrected chi connectivity index (χ4v) is 3.32. The Morgan fingerprint density at radius 3 is 2.81 bits per heavy atom. The van der Waals surface area contributed by atoms with Gasteiger partial charge in [-0.15, -0.1) is 10.2 Å². The number of thioether (sulfide) groups is 1. The van der Waals surface area contributed by atoms with Gasteiger partial charge in [0.1, 0.15) is 11.5 Å². The highest BCUT2D eigenvalue weighted by molar-refractivity contribution is 7.99. The average molecular weight is 372 g/mol. The van der Waals surface area contributed by atoms with Crippen molar-refractivity contribution in [1.82, 2.24) is 19.7 Å². The molecule has 3 rings (SSSR count). The lowest BCUT2D eigenvalue weighted by Crippen LogP contribution is -2.27. The van der Waals surface area contributed by atoms with Crippen LogP contribution in [-0.2, 0) is 18.4 Å². The molecule has 0 fully saturated rings. The second kappa shape index (κ2) is 8.09. The summed E-state index contributed by atoms with van der Waals surface area (Å²) in [4.78, 5) is 13.9. The molecule has 0 unspecified atom stereocenters. The van der Waals surface area contributed by atoms with Crippen LogP contribution in [0.5, 0.6) is 5.75 Å². The van der Waals surface area contributed by atoms with Gasteiger partial charge in [0, 0.05) is 14.1 Å². The summed E-state index contributed by atoms with van der Waals surface area (Å²) < 4.78 is 12.5. The van der Waals surface area contributed by atoms with Crippen LogP contribution in [-0.4, -0.2) is 45.5 Å². The van der Waals surface area contributed by atoms with Crippen LogP contribution < -0.4 is 4.74 Å². The first-order valence-electron chi connectivity index (χ1n) is 8.02. The summed E-state index contributed by atoms with van der Waals surface area (Å²) in [5.74, 6) is 2.45. The topological polar surface area (TPSA) is 73.4 Å². The largest absolute Gasteiger partial charge is 0.496 e. The Balaban J connectivity index is 1.66. The maximum atomic E-state index is 12.3. The highest BCUT2D eigenvalue weighted by Gasteiger charge is 2.17. The van der Waals surface area contributed by atoms with Crippen LogP contribution in [0.15, 0.2) is 52.2 Å². The molecule has 8 heteroatoms. The molecule has 7 nitrogen and oxygen atoms in total. The lowest BCUT2D eigenvalue weighted by atomic mass is 10.2. The van der Waals surface area contributed by atoms with Gasteiger partial charge >= 0.3 is 0 Å². The Bertz CT molecular complexity index is 876. The van der Waals surface area contributed by atoms with Crippen molar-refractivity contribution in [3.63, 3.8) is 0 Å². The zero-order valence-corrected chi connectivity index (χ0v) is 15.7. The predicted molar refractivity (Wildman–Crippen MR) is 98.9 cm³/mol. The fourth-order valence-electron chi connectivity index (χ4n) is 2.47. The van der Waals surface area contributed by atoms with Crippen LogP contribution in [0, 0.1) is 0 Å². The van der Waals surface area contributed by atoms with Gasteiger partial charge in [0.15, 0.2) is 11.0 Å². The smallest absolute Gasteiger partial charge is 0.233 e. The molecule has 26 heavy (non-hydrogen) atoms. The van der Waals surface area contributed by atoms with Gasteiger partial charge < -0.3 is 18.6 Å². The molecular formula is C18H20N4O3S. The number of hydrogen-bond acceptors (Lipinski definition) is 6. The van der Waals surface area contributed by atoms with Crippen LogP contribution in [0.25, 0.3) is 11.4 Å². The van der Waals surface area contributed by atoms with Gasteiger partial charge in [-0.2, -0.15) is 0 Å².